The maximum atomic E-state index is 8.72. The second-order valence-corrected chi connectivity index (χ2v) is 5.04. The van der Waals surface area contributed by atoms with Crippen LogP contribution in [-0.2, 0) is 4.89 Å². The standard InChI is InChI=1S/C11H20O2/c1-11(2,3)8-9-6-4-5-7-10(9)13-12/h6,10,12H,4-5,7-8H2,1-3H3. The molecular formula is C11H20O2. The van der Waals surface area contributed by atoms with Crippen LogP contribution in [0.1, 0.15) is 46.5 Å². The molecule has 0 aromatic heterocycles. The molecule has 0 fully saturated rings. The zero-order valence-electron chi connectivity index (χ0n) is 8.84. The summed E-state index contributed by atoms with van der Waals surface area (Å²) in [6, 6.07) is 0. The molecule has 1 atom stereocenters. The summed E-state index contributed by atoms with van der Waals surface area (Å²) in [5.41, 5.74) is 1.54. The highest BCUT2D eigenvalue weighted by Crippen LogP contribution is 2.31. The van der Waals surface area contributed by atoms with E-state index in [1.54, 1.807) is 0 Å². The Kier molecular flexibility index (Phi) is 3.51. The monoisotopic (exact) mass is 184 g/mol. The normalized spacial score (nSPS) is 24.3. The molecule has 0 aromatic rings. The van der Waals surface area contributed by atoms with Crippen molar-refractivity contribution in [2.45, 2.75) is 52.6 Å². The van der Waals surface area contributed by atoms with Gasteiger partial charge in [-0.15, -0.1) is 0 Å². The van der Waals surface area contributed by atoms with E-state index in [4.69, 9.17) is 5.26 Å². The Morgan fingerprint density at radius 1 is 1.54 bits per heavy atom. The number of allylic oxidation sites excluding steroid dienone is 1. The van der Waals surface area contributed by atoms with Crippen LogP contribution in [0.5, 0.6) is 0 Å². The first-order valence-corrected chi connectivity index (χ1v) is 5.02. The Labute approximate surface area is 80.5 Å². The van der Waals surface area contributed by atoms with Crippen LogP contribution in [-0.4, -0.2) is 11.4 Å². The van der Waals surface area contributed by atoms with Crippen LogP contribution in [0.4, 0.5) is 0 Å². The highest BCUT2D eigenvalue weighted by Gasteiger charge is 2.22. The fourth-order valence-corrected chi connectivity index (χ4v) is 1.83. The van der Waals surface area contributed by atoms with Gasteiger partial charge in [-0.25, -0.2) is 4.89 Å². The van der Waals surface area contributed by atoms with Gasteiger partial charge >= 0.3 is 0 Å². The third kappa shape index (κ3) is 3.49. The molecular weight excluding hydrogens is 164 g/mol. The minimum Gasteiger partial charge on any atom is -0.251 e. The predicted molar refractivity (Wildman–Crippen MR) is 53.5 cm³/mol. The van der Waals surface area contributed by atoms with Gasteiger partial charge in [0.05, 0.1) is 0 Å². The van der Waals surface area contributed by atoms with Gasteiger partial charge in [0.1, 0.15) is 6.10 Å². The Hall–Kier alpha value is -0.340. The lowest BCUT2D eigenvalue weighted by atomic mass is 9.82. The zero-order chi connectivity index (χ0) is 9.90. The zero-order valence-corrected chi connectivity index (χ0v) is 8.84. The van der Waals surface area contributed by atoms with E-state index in [9.17, 15) is 0 Å². The van der Waals surface area contributed by atoms with Crippen LogP contribution in [0.3, 0.4) is 0 Å². The van der Waals surface area contributed by atoms with Crippen molar-refractivity contribution in [2.24, 2.45) is 5.41 Å². The van der Waals surface area contributed by atoms with E-state index in [0.29, 0.717) is 0 Å². The molecule has 1 N–H and O–H groups in total. The quantitative estimate of drug-likeness (QED) is 0.405. The van der Waals surface area contributed by atoms with E-state index < -0.39 is 0 Å². The van der Waals surface area contributed by atoms with Crippen LogP contribution in [0.2, 0.25) is 0 Å². The summed E-state index contributed by atoms with van der Waals surface area (Å²) in [6.45, 7) is 6.62. The first-order chi connectivity index (χ1) is 6.03. The molecule has 1 aliphatic rings. The van der Waals surface area contributed by atoms with Gasteiger partial charge in [-0.1, -0.05) is 26.8 Å². The summed E-state index contributed by atoms with van der Waals surface area (Å²) in [5.74, 6) is 0. The third-order valence-corrected chi connectivity index (χ3v) is 2.35. The SMILES string of the molecule is CC(C)(C)CC1=CCCCC1OO. The summed E-state index contributed by atoms with van der Waals surface area (Å²) in [6.07, 6.45) is 6.39. The van der Waals surface area contributed by atoms with Crippen LogP contribution in [0.25, 0.3) is 0 Å². The highest BCUT2D eigenvalue weighted by molar-refractivity contribution is 5.13. The maximum absolute atomic E-state index is 8.72. The van der Waals surface area contributed by atoms with Gasteiger partial charge in [0.15, 0.2) is 0 Å². The lowest BCUT2D eigenvalue weighted by Gasteiger charge is -2.27. The summed E-state index contributed by atoms with van der Waals surface area (Å²) in [7, 11) is 0. The number of hydrogen-bond donors (Lipinski definition) is 1. The van der Waals surface area contributed by atoms with Crippen molar-refractivity contribution in [3.8, 4) is 0 Å². The Morgan fingerprint density at radius 3 is 2.77 bits per heavy atom. The van der Waals surface area contributed by atoms with Gasteiger partial charge in [-0.2, -0.15) is 0 Å². The van der Waals surface area contributed by atoms with Crippen molar-refractivity contribution in [1.29, 1.82) is 0 Å². The second-order valence-electron chi connectivity index (χ2n) is 5.04. The fourth-order valence-electron chi connectivity index (χ4n) is 1.83. The van der Waals surface area contributed by atoms with Crippen LogP contribution in [0.15, 0.2) is 11.6 Å². The largest absolute Gasteiger partial charge is 0.251 e. The number of rotatable bonds is 2. The Morgan fingerprint density at radius 2 is 2.23 bits per heavy atom. The molecule has 0 heterocycles. The van der Waals surface area contributed by atoms with Gasteiger partial charge in [-0.05, 0) is 36.7 Å². The predicted octanol–water partition coefficient (Wildman–Crippen LogP) is 3.39. The van der Waals surface area contributed by atoms with Gasteiger partial charge in [0.25, 0.3) is 0 Å². The summed E-state index contributed by atoms with van der Waals surface area (Å²) < 4.78 is 0. The molecule has 0 bridgehead atoms. The molecule has 0 saturated carbocycles. The van der Waals surface area contributed by atoms with E-state index >= 15 is 0 Å². The van der Waals surface area contributed by atoms with E-state index in [-0.39, 0.29) is 11.5 Å². The molecule has 76 valence electrons. The summed E-state index contributed by atoms with van der Waals surface area (Å²) >= 11 is 0. The van der Waals surface area contributed by atoms with E-state index in [1.807, 2.05) is 0 Å². The minimum absolute atomic E-state index is 0.0482. The molecule has 1 rings (SSSR count). The molecule has 0 spiro atoms. The van der Waals surface area contributed by atoms with Crippen molar-refractivity contribution in [2.75, 3.05) is 0 Å². The average molecular weight is 184 g/mol. The highest BCUT2D eigenvalue weighted by atomic mass is 17.1. The lowest BCUT2D eigenvalue weighted by molar-refractivity contribution is -0.271. The van der Waals surface area contributed by atoms with Gasteiger partial charge in [-0.3, -0.25) is 5.26 Å². The van der Waals surface area contributed by atoms with Crippen LogP contribution < -0.4 is 0 Å². The van der Waals surface area contributed by atoms with E-state index in [1.165, 1.54) is 5.57 Å². The Balaban J connectivity index is 2.60. The van der Waals surface area contributed by atoms with Crippen molar-refractivity contribution in [3.63, 3.8) is 0 Å². The molecule has 1 unspecified atom stereocenters. The molecule has 0 radical (unpaired) electrons. The van der Waals surface area contributed by atoms with Crippen LogP contribution >= 0.6 is 0 Å². The molecule has 13 heavy (non-hydrogen) atoms. The molecule has 0 saturated heterocycles. The molecule has 2 nitrogen and oxygen atoms in total. The first kappa shape index (κ1) is 10.7. The lowest BCUT2D eigenvalue weighted by Crippen LogP contribution is -2.21. The van der Waals surface area contributed by atoms with Crippen molar-refractivity contribution in [3.05, 3.63) is 11.6 Å². The molecule has 0 aliphatic heterocycles. The van der Waals surface area contributed by atoms with Crippen LogP contribution in [0, 0.1) is 5.41 Å². The minimum atomic E-state index is -0.0482. The van der Waals surface area contributed by atoms with Gasteiger partial charge < -0.3 is 0 Å². The van der Waals surface area contributed by atoms with Gasteiger partial charge in [0, 0.05) is 0 Å². The number of hydrogen-bond acceptors (Lipinski definition) is 2. The fraction of sp³-hybridized carbons (Fsp3) is 0.818. The summed E-state index contributed by atoms with van der Waals surface area (Å²) in [5, 5.41) is 8.72. The molecule has 1 aliphatic carbocycles. The van der Waals surface area contributed by atoms with Crippen molar-refractivity contribution >= 4 is 0 Å². The Bertz CT molecular complexity index is 189. The smallest absolute Gasteiger partial charge is 0.114 e. The maximum Gasteiger partial charge on any atom is 0.114 e. The molecule has 0 aromatic carbocycles. The van der Waals surface area contributed by atoms with E-state index in [2.05, 4.69) is 31.7 Å². The first-order valence-electron chi connectivity index (χ1n) is 5.02. The van der Waals surface area contributed by atoms with Crippen molar-refractivity contribution < 1.29 is 10.1 Å². The van der Waals surface area contributed by atoms with Gasteiger partial charge in [0.2, 0.25) is 0 Å². The average Bonchev–Trinajstić information content (AvgIpc) is 2.02. The molecule has 2 heteroatoms. The summed E-state index contributed by atoms with van der Waals surface area (Å²) in [4.78, 5) is 4.48. The topological polar surface area (TPSA) is 29.5 Å². The van der Waals surface area contributed by atoms with Crippen molar-refractivity contribution in [1.82, 2.24) is 0 Å². The second kappa shape index (κ2) is 4.25. The third-order valence-electron chi connectivity index (χ3n) is 2.35. The molecule has 0 amide bonds. The van der Waals surface area contributed by atoms with E-state index in [0.717, 1.165) is 25.7 Å².